The molecule has 5 heteroatoms. The fourth-order valence-electron chi connectivity index (χ4n) is 2.88. The normalized spacial score (nSPS) is 12.1. The number of benzene rings is 2. The van der Waals surface area contributed by atoms with E-state index in [1.807, 2.05) is 24.3 Å². The number of fused-ring (bicyclic) bond motifs is 1. The highest BCUT2D eigenvalue weighted by atomic mass is 32.2. The first kappa shape index (κ1) is 18.9. The summed E-state index contributed by atoms with van der Waals surface area (Å²) in [6, 6.07) is 12.1. The van der Waals surface area contributed by atoms with Crippen LogP contribution in [0.25, 0.3) is 10.2 Å². The predicted molar refractivity (Wildman–Crippen MR) is 112 cm³/mol. The zero-order valence-corrected chi connectivity index (χ0v) is 17.3. The van der Waals surface area contributed by atoms with Crippen LogP contribution in [-0.2, 0) is 6.54 Å². The van der Waals surface area contributed by atoms with Crippen LogP contribution in [0.2, 0.25) is 0 Å². The lowest BCUT2D eigenvalue weighted by Crippen LogP contribution is -2.17. The minimum atomic E-state index is -0.173. The van der Waals surface area contributed by atoms with Crippen LogP contribution in [0, 0.1) is 13.8 Å². The number of hydrogen-bond acceptors (Lipinski definition) is 3. The van der Waals surface area contributed by atoms with Gasteiger partial charge in [-0.25, -0.2) is 0 Å². The van der Waals surface area contributed by atoms with Crippen molar-refractivity contribution in [2.24, 2.45) is 4.99 Å². The Labute approximate surface area is 162 Å². The van der Waals surface area contributed by atoms with Gasteiger partial charge in [-0.3, -0.25) is 4.79 Å². The maximum absolute atomic E-state index is 12.8. The van der Waals surface area contributed by atoms with Gasteiger partial charge in [0.2, 0.25) is 0 Å². The molecular weight excluding hydrogens is 360 g/mol. The van der Waals surface area contributed by atoms with E-state index >= 15 is 0 Å². The Balaban J connectivity index is 2.09. The molecule has 0 fully saturated rings. The third-order valence-corrected chi connectivity index (χ3v) is 6.25. The first-order valence-corrected chi connectivity index (χ1v) is 10.8. The van der Waals surface area contributed by atoms with E-state index in [1.165, 1.54) is 21.3 Å². The quantitative estimate of drug-likeness (QED) is 0.538. The number of thiazole rings is 1. The summed E-state index contributed by atoms with van der Waals surface area (Å²) in [5.74, 6) is 0.814. The molecule has 0 atom stereocenters. The van der Waals surface area contributed by atoms with E-state index in [-0.39, 0.29) is 5.91 Å². The Hall–Kier alpha value is -1.85. The van der Waals surface area contributed by atoms with Crippen molar-refractivity contribution in [1.82, 2.24) is 4.57 Å². The molecule has 3 nitrogen and oxygen atoms in total. The third kappa shape index (κ3) is 3.94. The number of aryl methyl sites for hydroxylation is 3. The molecule has 0 aliphatic carbocycles. The number of aromatic nitrogens is 1. The second kappa shape index (κ2) is 8.23. The number of nitrogens with zero attached hydrogens (tertiary/aromatic N) is 2. The van der Waals surface area contributed by atoms with E-state index in [2.05, 4.69) is 49.4 Å². The standard InChI is InChI=1S/C21H24N2OS2/c1-5-10-23-18-11-14(3)15(4)12-19(18)26-21(23)22-20(24)16-8-7-9-17(13-16)25-6-2/h7-9,11-13H,5-6,10H2,1-4H3. The number of amides is 1. The van der Waals surface area contributed by atoms with Crippen molar-refractivity contribution in [3.05, 3.63) is 57.9 Å². The van der Waals surface area contributed by atoms with Gasteiger partial charge >= 0.3 is 0 Å². The van der Waals surface area contributed by atoms with Crippen LogP contribution in [0.15, 0.2) is 46.3 Å². The topological polar surface area (TPSA) is 34.4 Å². The van der Waals surface area contributed by atoms with Crippen molar-refractivity contribution >= 4 is 39.2 Å². The second-order valence-corrected chi connectivity index (χ2v) is 8.66. The van der Waals surface area contributed by atoms with E-state index in [1.54, 1.807) is 23.1 Å². The number of carbonyl (C=O) groups excluding carboxylic acids is 1. The van der Waals surface area contributed by atoms with Crippen LogP contribution in [-0.4, -0.2) is 16.2 Å². The molecule has 3 aromatic rings. The van der Waals surface area contributed by atoms with Gasteiger partial charge in [-0.1, -0.05) is 31.3 Å². The maximum atomic E-state index is 12.8. The van der Waals surface area contributed by atoms with Gasteiger partial charge in [0.1, 0.15) is 0 Å². The highest BCUT2D eigenvalue weighted by molar-refractivity contribution is 7.99. The van der Waals surface area contributed by atoms with Crippen LogP contribution < -0.4 is 4.80 Å². The van der Waals surface area contributed by atoms with Gasteiger partial charge in [0, 0.05) is 17.0 Å². The zero-order valence-electron chi connectivity index (χ0n) is 15.7. The molecule has 1 amide bonds. The summed E-state index contributed by atoms with van der Waals surface area (Å²) in [6.45, 7) is 9.37. The van der Waals surface area contributed by atoms with Gasteiger partial charge in [-0.2, -0.15) is 4.99 Å². The molecule has 0 aliphatic rings. The SMILES string of the molecule is CCCn1c(=NC(=O)c2cccc(SCC)c2)sc2cc(C)c(C)cc21. The van der Waals surface area contributed by atoms with Gasteiger partial charge in [0.25, 0.3) is 5.91 Å². The monoisotopic (exact) mass is 384 g/mol. The molecule has 2 aromatic carbocycles. The fraction of sp³-hybridized carbons (Fsp3) is 0.333. The highest BCUT2D eigenvalue weighted by Gasteiger charge is 2.10. The van der Waals surface area contributed by atoms with Crippen molar-refractivity contribution < 1.29 is 4.79 Å². The summed E-state index contributed by atoms with van der Waals surface area (Å²) in [4.78, 5) is 19.1. The van der Waals surface area contributed by atoms with Crippen molar-refractivity contribution in [3.8, 4) is 0 Å². The Kier molecular flexibility index (Phi) is 5.99. The summed E-state index contributed by atoms with van der Waals surface area (Å²) in [5.41, 5.74) is 4.35. The second-order valence-electron chi connectivity index (χ2n) is 6.32. The summed E-state index contributed by atoms with van der Waals surface area (Å²) < 4.78 is 3.36. The lowest BCUT2D eigenvalue weighted by atomic mass is 10.1. The number of hydrogen-bond donors (Lipinski definition) is 0. The fourth-order valence-corrected chi connectivity index (χ4v) is 4.74. The van der Waals surface area contributed by atoms with E-state index in [0.717, 1.165) is 28.4 Å². The molecule has 0 saturated heterocycles. The zero-order chi connectivity index (χ0) is 18.7. The van der Waals surface area contributed by atoms with Gasteiger partial charge in [0.05, 0.1) is 10.2 Å². The molecule has 0 N–H and O–H groups in total. The lowest BCUT2D eigenvalue weighted by Gasteiger charge is -2.05. The average molecular weight is 385 g/mol. The molecule has 0 saturated carbocycles. The summed E-state index contributed by atoms with van der Waals surface area (Å²) in [6.07, 6.45) is 1.00. The number of rotatable bonds is 5. The Morgan fingerprint density at radius 2 is 1.92 bits per heavy atom. The van der Waals surface area contributed by atoms with Gasteiger partial charge in [-0.05, 0) is 67.5 Å². The van der Waals surface area contributed by atoms with Gasteiger partial charge in [0.15, 0.2) is 4.80 Å². The molecule has 0 aliphatic heterocycles. The van der Waals surface area contributed by atoms with Crippen LogP contribution >= 0.6 is 23.1 Å². The highest BCUT2D eigenvalue weighted by Crippen LogP contribution is 2.23. The minimum absolute atomic E-state index is 0.173. The smallest absolute Gasteiger partial charge is 0.279 e. The Morgan fingerprint density at radius 3 is 2.65 bits per heavy atom. The van der Waals surface area contributed by atoms with Crippen molar-refractivity contribution in [2.75, 3.05) is 5.75 Å². The van der Waals surface area contributed by atoms with Crippen LogP contribution in [0.4, 0.5) is 0 Å². The Bertz CT molecular complexity index is 1010. The van der Waals surface area contributed by atoms with E-state index < -0.39 is 0 Å². The predicted octanol–water partition coefficient (Wildman–Crippen LogP) is 5.58. The summed E-state index contributed by atoms with van der Waals surface area (Å²) in [7, 11) is 0. The average Bonchev–Trinajstić information content (AvgIpc) is 2.93. The molecular formula is C21H24N2OS2. The van der Waals surface area contributed by atoms with Crippen LogP contribution in [0.3, 0.4) is 0 Å². The number of carbonyl (C=O) groups is 1. The maximum Gasteiger partial charge on any atom is 0.279 e. The van der Waals surface area contributed by atoms with E-state index in [0.29, 0.717) is 5.56 Å². The van der Waals surface area contributed by atoms with Crippen molar-refractivity contribution in [2.45, 2.75) is 45.6 Å². The molecule has 1 heterocycles. The molecule has 136 valence electrons. The molecule has 0 unspecified atom stereocenters. The number of thioether (sulfide) groups is 1. The summed E-state index contributed by atoms with van der Waals surface area (Å²) in [5, 5.41) is 0. The molecule has 0 spiro atoms. The molecule has 0 bridgehead atoms. The van der Waals surface area contributed by atoms with Gasteiger partial charge in [-0.15, -0.1) is 11.8 Å². The van der Waals surface area contributed by atoms with E-state index in [4.69, 9.17) is 0 Å². The molecule has 0 radical (unpaired) electrons. The third-order valence-electron chi connectivity index (χ3n) is 4.33. The molecule has 1 aromatic heterocycles. The van der Waals surface area contributed by atoms with Crippen molar-refractivity contribution in [3.63, 3.8) is 0 Å². The lowest BCUT2D eigenvalue weighted by molar-refractivity contribution is 0.0997. The Morgan fingerprint density at radius 1 is 1.15 bits per heavy atom. The molecule has 26 heavy (non-hydrogen) atoms. The molecule has 3 rings (SSSR count). The van der Waals surface area contributed by atoms with Crippen LogP contribution in [0.5, 0.6) is 0 Å². The van der Waals surface area contributed by atoms with E-state index in [9.17, 15) is 4.79 Å². The first-order valence-electron chi connectivity index (χ1n) is 8.96. The minimum Gasteiger partial charge on any atom is -0.316 e. The largest absolute Gasteiger partial charge is 0.316 e. The summed E-state index contributed by atoms with van der Waals surface area (Å²) >= 11 is 3.33. The van der Waals surface area contributed by atoms with Crippen LogP contribution in [0.1, 0.15) is 41.8 Å². The van der Waals surface area contributed by atoms with Crippen molar-refractivity contribution in [1.29, 1.82) is 0 Å². The first-order chi connectivity index (χ1) is 12.5. The van der Waals surface area contributed by atoms with Gasteiger partial charge < -0.3 is 4.57 Å².